The number of aromatic nitrogens is 2. The van der Waals surface area contributed by atoms with Crippen LogP contribution in [0.3, 0.4) is 0 Å². The first-order chi connectivity index (χ1) is 14.7. The molecular formula is C29H33BrN2. The molecule has 0 fully saturated rings. The molecule has 0 radical (unpaired) electrons. The van der Waals surface area contributed by atoms with Gasteiger partial charge in [0.1, 0.15) is 5.65 Å². The number of pyridine rings is 1. The van der Waals surface area contributed by atoms with Crippen molar-refractivity contribution in [1.29, 1.82) is 0 Å². The predicted octanol–water partition coefficient (Wildman–Crippen LogP) is 8.30. The minimum Gasteiger partial charge on any atom is -0.299 e. The van der Waals surface area contributed by atoms with Gasteiger partial charge in [-0.15, -0.1) is 0 Å². The standard InChI is InChI=1S/C29H33BrN2/c1-25(2)18-15-20-23(32-14-13-16-17(24(32)31-20)11-10-12-19(16)30)22-21(18)29(9,27(25,5)6)28(7,8)26(22,3)4/h10-15H,1-9H3. The first-order valence-electron chi connectivity index (χ1n) is 11.8. The number of fused-ring (bicyclic) bond motifs is 6. The number of nitrogens with zero attached hydrogens (tertiary/aromatic N) is 2. The van der Waals surface area contributed by atoms with E-state index >= 15 is 0 Å². The number of hydrogen-bond acceptors (Lipinski definition) is 1. The van der Waals surface area contributed by atoms with Crippen molar-refractivity contribution in [2.75, 3.05) is 0 Å². The van der Waals surface area contributed by atoms with E-state index in [9.17, 15) is 0 Å². The van der Waals surface area contributed by atoms with Gasteiger partial charge in [-0.2, -0.15) is 0 Å². The second-order valence-electron chi connectivity index (χ2n) is 12.5. The Labute approximate surface area is 199 Å². The van der Waals surface area contributed by atoms with Crippen LogP contribution in [0.2, 0.25) is 0 Å². The van der Waals surface area contributed by atoms with Crippen LogP contribution in [0.4, 0.5) is 0 Å². The zero-order valence-corrected chi connectivity index (χ0v) is 22.3. The second kappa shape index (κ2) is 5.43. The average molecular weight is 490 g/mol. The highest BCUT2D eigenvalue weighted by Crippen LogP contribution is 2.76. The Morgan fingerprint density at radius 2 is 1.44 bits per heavy atom. The van der Waals surface area contributed by atoms with Crippen LogP contribution < -0.4 is 0 Å². The molecule has 166 valence electrons. The number of hydrogen-bond donors (Lipinski definition) is 0. The summed E-state index contributed by atoms with van der Waals surface area (Å²) in [6, 6.07) is 11.1. The van der Waals surface area contributed by atoms with Crippen LogP contribution in [0.15, 0.2) is 41.0 Å². The number of imidazole rings is 1. The van der Waals surface area contributed by atoms with Crippen LogP contribution in [0, 0.1) is 10.8 Å². The summed E-state index contributed by atoms with van der Waals surface area (Å²) in [6.45, 7) is 22.4. The molecule has 0 bridgehead atoms. The van der Waals surface area contributed by atoms with Crippen LogP contribution in [0.1, 0.15) is 79.0 Å². The van der Waals surface area contributed by atoms with Gasteiger partial charge < -0.3 is 0 Å². The van der Waals surface area contributed by atoms with Gasteiger partial charge in [-0.05, 0) is 56.5 Å². The monoisotopic (exact) mass is 488 g/mol. The molecule has 1 atom stereocenters. The lowest BCUT2D eigenvalue weighted by Gasteiger charge is -2.56. The number of halogens is 1. The summed E-state index contributed by atoms with van der Waals surface area (Å²) >= 11 is 3.74. The van der Waals surface area contributed by atoms with E-state index in [0.29, 0.717) is 0 Å². The summed E-state index contributed by atoms with van der Waals surface area (Å²) in [7, 11) is 0. The van der Waals surface area contributed by atoms with Gasteiger partial charge in [-0.3, -0.25) is 4.40 Å². The molecule has 2 aliphatic rings. The van der Waals surface area contributed by atoms with Gasteiger partial charge in [-0.25, -0.2) is 4.98 Å². The minimum atomic E-state index is 0.0152. The van der Waals surface area contributed by atoms with Crippen molar-refractivity contribution < 1.29 is 0 Å². The van der Waals surface area contributed by atoms with E-state index in [1.165, 1.54) is 27.4 Å². The molecule has 2 aliphatic carbocycles. The van der Waals surface area contributed by atoms with E-state index in [1.807, 2.05) is 0 Å². The molecule has 2 aromatic carbocycles. The SMILES string of the molecule is CC1(C)c2cc3nc4c5cccc(Br)c5ccn4c3c3c2C(C)(C1(C)C)C(C)(C)C3(C)C. The molecule has 0 saturated carbocycles. The first kappa shape index (κ1) is 20.7. The molecule has 2 heterocycles. The van der Waals surface area contributed by atoms with Crippen molar-refractivity contribution in [1.82, 2.24) is 9.38 Å². The predicted molar refractivity (Wildman–Crippen MR) is 139 cm³/mol. The normalized spacial score (nSPS) is 26.3. The highest BCUT2D eigenvalue weighted by atomic mass is 79.9. The Kier molecular flexibility index (Phi) is 3.52. The third-order valence-corrected chi connectivity index (χ3v) is 11.8. The number of benzene rings is 2. The summed E-state index contributed by atoms with van der Waals surface area (Å²) in [5.74, 6) is 0. The first-order valence-corrected chi connectivity index (χ1v) is 12.6. The molecule has 3 heteroatoms. The average Bonchev–Trinajstić information content (AvgIpc) is 3.18. The summed E-state index contributed by atoms with van der Waals surface area (Å²) in [6.07, 6.45) is 2.23. The lowest BCUT2D eigenvalue weighted by Crippen LogP contribution is -2.55. The third kappa shape index (κ3) is 1.80. The van der Waals surface area contributed by atoms with Crippen molar-refractivity contribution in [3.8, 4) is 0 Å². The quantitative estimate of drug-likeness (QED) is 0.243. The fourth-order valence-electron chi connectivity index (χ4n) is 7.57. The Bertz CT molecular complexity index is 1500. The van der Waals surface area contributed by atoms with Crippen molar-refractivity contribution in [2.45, 2.75) is 78.6 Å². The largest absolute Gasteiger partial charge is 0.299 e. The molecule has 6 rings (SSSR count). The topological polar surface area (TPSA) is 17.3 Å². The summed E-state index contributed by atoms with van der Waals surface area (Å²) in [5.41, 5.74) is 8.44. The van der Waals surface area contributed by atoms with Gasteiger partial charge >= 0.3 is 0 Å². The third-order valence-electron chi connectivity index (χ3n) is 11.1. The van der Waals surface area contributed by atoms with E-state index in [0.717, 1.165) is 15.6 Å². The molecule has 32 heavy (non-hydrogen) atoms. The molecule has 0 saturated heterocycles. The fourth-order valence-corrected chi connectivity index (χ4v) is 8.07. The van der Waals surface area contributed by atoms with Gasteiger partial charge in [0.25, 0.3) is 0 Å². The maximum atomic E-state index is 5.28. The maximum Gasteiger partial charge on any atom is 0.145 e. The van der Waals surface area contributed by atoms with Crippen LogP contribution >= 0.6 is 15.9 Å². The second-order valence-corrected chi connectivity index (χ2v) is 13.3. The molecule has 1 unspecified atom stereocenters. The molecule has 0 aliphatic heterocycles. The highest BCUT2D eigenvalue weighted by molar-refractivity contribution is 9.10. The van der Waals surface area contributed by atoms with Gasteiger partial charge in [0.05, 0.1) is 11.0 Å². The summed E-state index contributed by atoms with van der Waals surface area (Å²) in [5, 5.41) is 2.41. The molecule has 0 spiro atoms. The molecule has 2 nitrogen and oxygen atoms in total. The molecule has 4 aromatic rings. The Morgan fingerprint density at radius 1 is 0.781 bits per heavy atom. The van der Waals surface area contributed by atoms with E-state index in [1.54, 1.807) is 5.56 Å². The van der Waals surface area contributed by atoms with E-state index in [4.69, 9.17) is 4.98 Å². The van der Waals surface area contributed by atoms with Gasteiger partial charge in [0.15, 0.2) is 0 Å². The minimum absolute atomic E-state index is 0.0152. The number of rotatable bonds is 0. The smallest absolute Gasteiger partial charge is 0.145 e. The van der Waals surface area contributed by atoms with Gasteiger partial charge in [0, 0.05) is 26.9 Å². The molecule has 0 amide bonds. The molecular weight excluding hydrogens is 456 g/mol. The fraction of sp³-hybridized carbons (Fsp3) is 0.483. The van der Waals surface area contributed by atoms with Gasteiger partial charge in [-0.1, -0.05) is 90.4 Å². The molecule has 2 aromatic heterocycles. The van der Waals surface area contributed by atoms with Crippen molar-refractivity contribution in [2.24, 2.45) is 10.8 Å². The lowest BCUT2D eigenvalue weighted by atomic mass is 9.47. The highest BCUT2D eigenvalue weighted by Gasteiger charge is 2.72. The lowest BCUT2D eigenvalue weighted by molar-refractivity contribution is -0.0103. The van der Waals surface area contributed by atoms with Crippen molar-refractivity contribution >= 4 is 43.4 Å². The Morgan fingerprint density at radius 3 is 2.12 bits per heavy atom. The zero-order chi connectivity index (χ0) is 23.2. The summed E-state index contributed by atoms with van der Waals surface area (Å²) < 4.78 is 3.48. The van der Waals surface area contributed by atoms with E-state index in [-0.39, 0.29) is 27.1 Å². The maximum absolute atomic E-state index is 5.28. The van der Waals surface area contributed by atoms with E-state index < -0.39 is 0 Å². The Hall–Kier alpha value is -1.87. The van der Waals surface area contributed by atoms with Gasteiger partial charge in [0.2, 0.25) is 0 Å². The van der Waals surface area contributed by atoms with Crippen molar-refractivity contribution in [3.63, 3.8) is 0 Å². The van der Waals surface area contributed by atoms with E-state index in [2.05, 4.69) is 119 Å². The van der Waals surface area contributed by atoms with Crippen LogP contribution in [-0.2, 0) is 16.2 Å². The Balaban J connectivity index is 1.90. The van der Waals surface area contributed by atoms with Crippen LogP contribution in [0.25, 0.3) is 27.5 Å². The zero-order valence-electron chi connectivity index (χ0n) is 20.7. The van der Waals surface area contributed by atoms with Crippen LogP contribution in [-0.4, -0.2) is 9.38 Å². The van der Waals surface area contributed by atoms with Crippen LogP contribution in [0.5, 0.6) is 0 Å². The summed E-state index contributed by atoms with van der Waals surface area (Å²) in [4.78, 5) is 5.28. The molecule has 0 N–H and O–H groups in total. The van der Waals surface area contributed by atoms with Crippen molar-refractivity contribution in [3.05, 3.63) is 57.7 Å².